The first kappa shape index (κ1) is 16.2. The largest absolute Gasteiger partial charge is 0.329 e. The molecule has 5 nitrogen and oxygen atoms in total. The highest BCUT2D eigenvalue weighted by Gasteiger charge is 2.29. The van der Waals surface area contributed by atoms with Crippen LogP contribution in [-0.2, 0) is 9.59 Å². The minimum Gasteiger partial charge on any atom is -0.329 e. The highest BCUT2D eigenvalue weighted by atomic mass is 16.2. The first-order chi connectivity index (χ1) is 9.45. The lowest BCUT2D eigenvalue weighted by Crippen LogP contribution is -2.39. The van der Waals surface area contributed by atoms with E-state index in [1.54, 1.807) is 31.2 Å². The molecule has 0 spiro atoms. The highest BCUT2D eigenvalue weighted by molar-refractivity contribution is 5.96. The second kappa shape index (κ2) is 7.05. The van der Waals surface area contributed by atoms with E-state index < -0.39 is 5.41 Å². The molecule has 110 valence electrons. The van der Waals surface area contributed by atoms with Crippen molar-refractivity contribution in [1.82, 2.24) is 0 Å². The van der Waals surface area contributed by atoms with Crippen molar-refractivity contribution in [3.63, 3.8) is 0 Å². The van der Waals surface area contributed by atoms with E-state index in [4.69, 9.17) is 5.73 Å². The molecular formula is C15H23N3O2. The molecular weight excluding hydrogens is 254 g/mol. The lowest BCUT2D eigenvalue weighted by atomic mass is 9.86. The summed E-state index contributed by atoms with van der Waals surface area (Å²) in [4.78, 5) is 23.4. The van der Waals surface area contributed by atoms with E-state index in [0.29, 0.717) is 30.8 Å². The molecule has 1 atom stereocenters. The molecule has 2 amide bonds. The minimum absolute atomic E-state index is 0.0384. The Labute approximate surface area is 119 Å². The molecule has 0 aliphatic heterocycles. The highest BCUT2D eigenvalue weighted by Crippen LogP contribution is 2.22. The van der Waals surface area contributed by atoms with E-state index in [9.17, 15) is 9.59 Å². The zero-order chi connectivity index (χ0) is 15.2. The van der Waals surface area contributed by atoms with E-state index in [2.05, 4.69) is 10.6 Å². The van der Waals surface area contributed by atoms with Gasteiger partial charge in [0, 0.05) is 24.3 Å². The van der Waals surface area contributed by atoms with Gasteiger partial charge in [0.05, 0.1) is 5.41 Å². The maximum atomic E-state index is 12.1. The Balaban J connectivity index is 2.70. The van der Waals surface area contributed by atoms with Crippen molar-refractivity contribution in [2.45, 2.75) is 33.6 Å². The Hall–Kier alpha value is -1.88. The summed E-state index contributed by atoms with van der Waals surface area (Å²) in [6.45, 7) is 5.89. The number of rotatable bonds is 6. The minimum atomic E-state index is -0.560. The molecule has 4 N–H and O–H groups in total. The second-order valence-electron chi connectivity index (χ2n) is 5.05. The first-order valence-electron chi connectivity index (χ1n) is 6.86. The molecule has 20 heavy (non-hydrogen) atoms. The summed E-state index contributed by atoms with van der Waals surface area (Å²) < 4.78 is 0. The van der Waals surface area contributed by atoms with Gasteiger partial charge in [-0.15, -0.1) is 0 Å². The number of carbonyl (C=O) groups is 2. The van der Waals surface area contributed by atoms with E-state index in [-0.39, 0.29) is 11.8 Å². The van der Waals surface area contributed by atoms with Gasteiger partial charge >= 0.3 is 0 Å². The van der Waals surface area contributed by atoms with Crippen LogP contribution in [0.3, 0.4) is 0 Å². The van der Waals surface area contributed by atoms with Gasteiger partial charge in [-0.05, 0) is 37.6 Å². The topological polar surface area (TPSA) is 84.2 Å². The fourth-order valence-electron chi connectivity index (χ4n) is 1.57. The van der Waals surface area contributed by atoms with E-state index >= 15 is 0 Å². The normalized spacial score (nSPS) is 13.4. The van der Waals surface area contributed by atoms with Gasteiger partial charge in [0.15, 0.2) is 0 Å². The lowest BCUT2D eigenvalue weighted by molar-refractivity contribution is -0.124. The number of hydrogen-bond acceptors (Lipinski definition) is 3. The van der Waals surface area contributed by atoms with Gasteiger partial charge in [0.2, 0.25) is 11.8 Å². The monoisotopic (exact) mass is 277 g/mol. The molecule has 0 aromatic heterocycles. The van der Waals surface area contributed by atoms with Crippen molar-refractivity contribution in [1.29, 1.82) is 0 Å². The molecule has 5 heteroatoms. The van der Waals surface area contributed by atoms with E-state index in [1.165, 1.54) is 0 Å². The molecule has 0 aliphatic carbocycles. The van der Waals surface area contributed by atoms with Crippen molar-refractivity contribution in [2.75, 3.05) is 17.2 Å². The summed E-state index contributed by atoms with van der Waals surface area (Å²) in [5, 5.41) is 5.60. The van der Waals surface area contributed by atoms with Crippen LogP contribution in [0, 0.1) is 5.41 Å². The Morgan fingerprint density at radius 1 is 1.10 bits per heavy atom. The molecule has 1 rings (SSSR count). The number of benzene rings is 1. The summed E-state index contributed by atoms with van der Waals surface area (Å²) >= 11 is 0. The fraction of sp³-hybridized carbons (Fsp3) is 0.467. The predicted octanol–water partition coefficient (Wildman–Crippen LogP) is 2.35. The molecule has 0 heterocycles. The zero-order valence-electron chi connectivity index (χ0n) is 12.3. The number of amides is 2. The van der Waals surface area contributed by atoms with Gasteiger partial charge in [-0.3, -0.25) is 9.59 Å². The number of nitrogens with two attached hydrogens (primary N) is 1. The van der Waals surface area contributed by atoms with Crippen LogP contribution in [0.4, 0.5) is 11.4 Å². The molecule has 0 aliphatic rings. The van der Waals surface area contributed by atoms with Gasteiger partial charge in [0.25, 0.3) is 0 Å². The number of nitrogens with one attached hydrogen (secondary N) is 2. The van der Waals surface area contributed by atoms with Gasteiger partial charge in [-0.25, -0.2) is 0 Å². The average molecular weight is 277 g/mol. The summed E-state index contributed by atoms with van der Waals surface area (Å²) in [5.41, 5.74) is 6.50. The Bertz CT molecular complexity index is 465. The average Bonchev–Trinajstić information content (AvgIpc) is 2.48. The van der Waals surface area contributed by atoms with Crippen molar-refractivity contribution in [3.05, 3.63) is 24.3 Å². The Morgan fingerprint density at radius 3 is 2.00 bits per heavy atom. The molecule has 0 saturated heterocycles. The summed E-state index contributed by atoms with van der Waals surface area (Å²) in [6.07, 6.45) is 1.11. The Kier molecular flexibility index (Phi) is 5.70. The number of carbonyl (C=O) groups excluding carboxylic acids is 2. The summed E-state index contributed by atoms with van der Waals surface area (Å²) in [6, 6.07) is 7.04. The predicted molar refractivity (Wildman–Crippen MR) is 81.4 cm³/mol. The van der Waals surface area contributed by atoms with Crippen molar-refractivity contribution in [2.24, 2.45) is 11.1 Å². The molecule has 0 fully saturated rings. The third-order valence-electron chi connectivity index (χ3n) is 3.53. The quantitative estimate of drug-likeness (QED) is 0.746. The van der Waals surface area contributed by atoms with Gasteiger partial charge < -0.3 is 16.4 Å². The van der Waals surface area contributed by atoms with Crippen LogP contribution in [0.1, 0.15) is 33.6 Å². The molecule has 1 unspecified atom stereocenters. The number of hydrogen-bond donors (Lipinski definition) is 3. The lowest BCUT2D eigenvalue weighted by Gasteiger charge is -2.25. The third-order valence-corrected chi connectivity index (χ3v) is 3.53. The van der Waals surface area contributed by atoms with Crippen molar-refractivity contribution < 1.29 is 9.59 Å². The van der Waals surface area contributed by atoms with Crippen molar-refractivity contribution in [3.8, 4) is 0 Å². The first-order valence-corrected chi connectivity index (χ1v) is 6.86. The van der Waals surface area contributed by atoms with Crippen LogP contribution in [0.2, 0.25) is 0 Å². The molecule has 1 aromatic carbocycles. The smallest absolute Gasteiger partial charge is 0.231 e. The third kappa shape index (κ3) is 4.06. The van der Waals surface area contributed by atoms with E-state index in [1.807, 2.05) is 13.8 Å². The van der Waals surface area contributed by atoms with Gasteiger partial charge in [-0.2, -0.15) is 0 Å². The zero-order valence-corrected chi connectivity index (χ0v) is 12.3. The van der Waals surface area contributed by atoms with E-state index in [0.717, 1.165) is 0 Å². The molecule has 0 saturated carbocycles. The molecule has 0 radical (unpaired) electrons. The summed E-state index contributed by atoms with van der Waals surface area (Å²) in [7, 11) is 0. The van der Waals surface area contributed by atoms with Crippen LogP contribution >= 0.6 is 0 Å². The van der Waals surface area contributed by atoms with Crippen LogP contribution in [-0.4, -0.2) is 18.4 Å². The fourth-order valence-corrected chi connectivity index (χ4v) is 1.57. The van der Waals surface area contributed by atoms with Crippen LogP contribution in [0.5, 0.6) is 0 Å². The molecule has 0 bridgehead atoms. The van der Waals surface area contributed by atoms with Crippen LogP contribution < -0.4 is 16.4 Å². The molecule has 1 aromatic rings. The second-order valence-corrected chi connectivity index (χ2v) is 5.05. The van der Waals surface area contributed by atoms with Gasteiger partial charge in [-0.1, -0.05) is 13.8 Å². The van der Waals surface area contributed by atoms with Crippen LogP contribution in [0.15, 0.2) is 24.3 Å². The SMILES string of the molecule is CCC(=O)Nc1ccc(NC(=O)C(C)(CC)CN)cc1. The maximum Gasteiger partial charge on any atom is 0.231 e. The van der Waals surface area contributed by atoms with Gasteiger partial charge in [0.1, 0.15) is 0 Å². The maximum absolute atomic E-state index is 12.1. The summed E-state index contributed by atoms with van der Waals surface area (Å²) in [5.74, 6) is -0.128. The number of anilines is 2. The Morgan fingerprint density at radius 2 is 1.60 bits per heavy atom. The standard InChI is InChI=1S/C15H23N3O2/c1-4-13(19)17-11-6-8-12(9-7-11)18-14(20)15(3,5-2)10-16/h6-9H,4-5,10,16H2,1-3H3,(H,17,19)(H,18,20). The van der Waals surface area contributed by atoms with Crippen molar-refractivity contribution >= 4 is 23.2 Å². The van der Waals surface area contributed by atoms with Crippen LogP contribution in [0.25, 0.3) is 0 Å².